The number of isothiocyanates is 1. The maximum absolute atomic E-state index is 13.4. The minimum absolute atomic E-state index is 0.262. The smallest absolute Gasteiger partial charge is 0.268 e. The summed E-state index contributed by atoms with van der Waals surface area (Å²) in [6.07, 6.45) is 28.2. The summed E-state index contributed by atoms with van der Waals surface area (Å²) in [6, 6.07) is 0. The van der Waals surface area contributed by atoms with Gasteiger partial charge in [0.05, 0.1) is 5.16 Å². The summed E-state index contributed by atoms with van der Waals surface area (Å²) in [7, 11) is 0. The number of hydrogen-bond acceptors (Lipinski definition) is 2. The number of alkyl halides is 1. The van der Waals surface area contributed by atoms with Crippen molar-refractivity contribution in [1.82, 2.24) is 0 Å². The Bertz CT molecular complexity index is 437. The van der Waals surface area contributed by atoms with Gasteiger partial charge in [0.2, 0.25) is 0 Å². The molecular weight excluding hydrogens is 405 g/mol. The number of unbranched alkanes of at least 4 members (excludes halogenated alkanes) is 21. The molecule has 0 aromatic carbocycles. The first kappa shape index (κ1) is 30.4. The SMILES string of the molecule is CCCCCCCCCCCCCCCCCCCCCCCCC(F)C(=O)N=C=S. The van der Waals surface area contributed by atoms with Gasteiger partial charge in [-0.15, -0.1) is 0 Å². The molecule has 0 aliphatic rings. The van der Waals surface area contributed by atoms with Crippen molar-refractivity contribution < 1.29 is 9.18 Å². The molecule has 2 nitrogen and oxygen atoms in total. The molecule has 0 aromatic rings. The van der Waals surface area contributed by atoms with Gasteiger partial charge >= 0.3 is 0 Å². The van der Waals surface area contributed by atoms with Gasteiger partial charge < -0.3 is 0 Å². The molecule has 1 atom stereocenters. The number of nitrogens with zero attached hydrogens (tertiary/aromatic N) is 1. The van der Waals surface area contributed by atoms with E-state index in [9.17, 15) is 9.18 Å². The number of thiocarbonyl (C=S) groups is 1. The second kappa shape index (κ2) is 25.7. The molecule has 0 heterocycles. The lowest BCUT2D eigenvalue weighted by Gasteiger charge is -2.05. The van der Waals surface area contributed by atoms with Crippen molar-refractivity contribution in [3.63, 3.8) is 0 Å². The lowest BCUT2D eigenvalue weighted by molar-refractivity contribution is -0.122. The van der Waals surface area contributed by atoms with Crippen LogP contribution in [0.25, 0.3) is 0 Å². The number of rotatable bonds is 24. The molecule has 4 heteroatoms. The van der Waals surface area contributed by atoms with Crippen molar-refractivity contribution >= 4 is 23.3 Å². The number of amides is 1. The Morgan fingerprint density at radius 2 is 0.935 bits per heavy atom. The maximum Gasteiger partial charge on any atom is 0.289 e. The second-order valence-electron chi connectivity index (χ2n) is 9.22. The van der Waals surface area contributed by atoms with Gasteiger partial charge in [-0.05, 0) is 18.6 Å². The number of carbonyl (C=O) groups is 1. The van der Waals surface area contributed by atoms with E-state index in [2.05, 4.69) is 24.1 Å². The normalized spacial score (nSPS) is 11.9. The molecule has 182 valence electrons. The highest BCUT2D eigenvalue weighted by Gasteiger charge is 2.15. The maximum atomic E-state index is 13.4. The molecule has 1 amide bonds. The van der Waals surface area contributed by atoms with Crippen molar-refractivity contribution in [2.45, 2.75) is 161 Å². The predicted molar refractivity (Wildman–Crippen MR) is 137 cm³/mol. The monoisotopic (exact) mass is 455 g/mol. The molecule has 1 unspecified atom stereocenters. The van der Waals surface area contributed by atoms with E-state index < -0.39 is 12.1 Å². The van der Waals surface area contributed by atoms with Gasteiger partial charge in [0.15, 0.2) is 6.17 Å². The van der Waals surface area contributed by atoms with Crippen molar-refractivity contribution in [3.8, 4) is 0 Å². The molecule has 0 fully saturated rings. The Kier molecular flexibility index (Phi) is 25.2. The zero-order chi connectivity index (χ0) is 22.8. The fourth-order valence-electron chi connectivity index (χ4n) is 4.17. The average Bonchev–Trinajstić information content (AvgIpc) is 2.77. The highest BCUT2D eigenvalue weighted by molar-refractivity contribution is 7.78. The quantitative estimate of drug-likeness (QED) is 0.0823. The van der Waals surface area contributed by atoms with Crippen molar-refractivity contribution in [2.24, 2.45) is 4.99 Å². The van der Waals surface area contributed by atoms with Crippen LogP contribution in [0.3, 0.4) is 0 Å². The topological polar surface area (TPSA) is 29.4 Å². The third-order valence-electron chi connectivity index (χ3n) is 6.23. The average molecular weight is 456 g/mol. The molecule has 0 aliphatic heterocycles. The molecular formula is C27H50FNOS. The van der Waals surface area contributed by atoms with E-state index in [1.807, 2.05) is 5.16 Å². The van der Waals surface area contributed by atoms with Crippen LogP contribution in [0.4, 0.5) is 4.39 Å². The van der Waals surface area contributed by atoms with E-state index in [0.29, 0.717) is 0 Å². The summed E-state index contributed by atoms with van der Waals surface area (Å²) in [5, 5.41) is 1.93. The Labute approximate surface area is 198 Å². The highest BCUT2D eigenvalue weighted by Crippen LogP contribution is 2.16. The molecule has 0 aromatic heterocycles. The third-order valence-corrected chi connectivity index (χ3v) is 6.33. The van der Waals surface area contributed by atoms with Crippen LogP contribution < -0.4 is 0 Å². The van der Waals surface area contributed by atoms with Gasteiger partial charge in [-0.25, -0.2) is 4.39 Å². The molecule has 0 aliphatic carbocycles. The van der Waals surface area contributed by atoms with Crippen LogP contribution in [-0.2, 0) is 4.79 Å². The van der Waals surface area contributed by atoms with Crippen LogP contribution in [0.2, 0.25) is 0 Å². The number of halogens is 1. The second-order valence-corrected chi connectivity index (χ2v) is 9.40. The first-order chi connectivity index (χ1) is 15.2. The molecule has 0 bridgehead atoms. The lowest BCUT2D eigenvalue weighted by atomic mass is 10.0. The molecule has 0 rings (SSSR count). The number of carbonyl (C=O) groups excluding carboxylic acids is 1. The predicted octanol–water partition coefficient (Wildman–Crippen LogP) is 9.95. The molecule has 0 radical (unpaired) electrons. The van der Waals surface area contributed by atoms with E-state index in [1.165, 1.54) is 122 Å². The van der Waals surface area contributed by atoms with Gasteiger partial charge in [0.25, 0.3) is 5.91 Å². The van der Waals surface area contributed by atoms with Gasteiger partial charge in [-0.1, -0.05) is 148 Å². The Morgan fingerprint density at radius 3 is 1.23 bits per heavy atom. The van der Waals surface area contributed by atoms with E-state index in [1.54, 1.807) is 0 Å². The van der Waals surface area contributed by atoms with Crippen molar-refractivity contribution in [1.29, 1.82) is 0 Å². The minimum atomic E-state index is -1.50. The van der Waals surface area contributed by atoms with Crippen LogP contribution in [0.5, 0.6) is 0 Å². The molecule has 0 N–H and O–H groups in total. The highest BCUT2D eigenvalue weighted by atomic mass is 32.1. The first-order valence-electron chi connectivity index (χ1n) is 13.5. The zero-order valence-electron chi connectivity index (χ0n) is 20.5. The summed E-state index contributed by atoms with van der Waals surface area (Å²) < 4.78 is 13.4. The van der Waals surface area contributed by atoms with Crippen LogP contribution in [0.15, 0.2) is 4.99 Å². The van der Waals surface area contributed by atoms with E-state index in [0.717, 1.165) is 19.3 Å². The summed E-state index contributed by atoms with van der Waals surface area (Å²) >= 11 is 4.32. The summed E-state index contributed by atoms with van der Waals surface area (Å²) in [6.45, 7) is 2.28. The molecule has 0 spiro atoms. The van der Waals surface area contributed by atoms with Crippen molar-refractivity contribution in [3.05, 3.63) is 0 Å². The van der Waals surface area contributed by atoms with E-state index >= 15 is 0 Å². The molecule has 0 saturated carbocycles. The first-order valence-corrected chi connectivity index (χ1v) is 13.9. The van der Waals surface area contributed by atoms with Gasteiger partial charge in [0.1, 0.15) is 0 Å². The van der Waals surface area contributed by atoms with Crippen LogP contribution >= 0.6 is 12.2 Å². The van der Waals surface area contributed by atoms with Gasteiger partial charge in [0, 0.05) is 0 Å². The van der Waals surface area contributed by atoms with Gasteiger partial charge in [-0.2, -0.15) is 4.99 Å². The minimum Gasteiger partial charge on any atom is -0.268 e. The van der Waals surface area contributed by atoms with Crippen LogP contribution in [0, 0.1) is 0 Å². The Morgan fingerprint density at radius 1 is 0.645 bits per heavy atom. The third kappa shape index (κ3) is 23.9. The summed E-state index contributed by atoms with van der Waals surface area (Å²) in [4.78, 5) is 14.3. The van der Waals surface area contributed by atoms with Crippen molar-refractivity contribution in [2.75, 3.05) is 0 Å². The zero-order valence-corrected chi connectivity index (χ0v) is 21.3. The number of hydrogen-bond donors (Lipinski definition) is 0. The summed E-state index contributed by atoms with van der Waals surface area (Å²) in [5.41, 5.74) is 0. The molecule has 0 saturated heterocycles. The van der Waals surface area contributed by atoms with E-state index in [4.69, 9.17) is 0 Å². The van der Waals surface area contributed by atoms with E-state index in [-0.39, 0.29) is 6.42 Å². The Hall–Kier alpha value is -0.600. The standard InChI is InChI=1S/C27H50FNOS/c1-2-3-4-5-6-7-8-9-10-11-12-13-14-15-16-17-18-19-20-21-22-23-24-26(28)27(30)29-25-31/h26H,2-24H2,1H3. The van der Waals surface area contributed by atoms with Crippen LogP contribution in [0.1, 0.15) is 155 Å². The Balaban J connectivity index is 3.12. The largest absolute Gasteiger partial charge is 0.289 e. The fourth-order valence-corrected chi connectivity index (χ4v) is 4.26. The summed E-state index contributed by atoms with van der Waals surface area (Å²) in [5.74, 6) is -0.779. The van der Waals surface area contributed by atoms with Gasteiger partial charge in [-0.3, -0.25) is 4.79 Å². The number of aliphatic imine (C=N–C) groups is 1. The fraction of sp³-hybridized carbons (Fsp3) is 0.926. The molecule has 31 heavy (non-hydrogen) atoms. The lowest BCUT2D eigenvalue weighted by Crippen LogP contribution is -2.12. The van der Waals surface area contributed by atoms with Crippen LogP contribution in [-0.4, -0.2) is 17.2 Å².